The summed E-state index contributed by atoms with van der Waals surface area (Å²) in [5.41, 5.74) is 9.82. The first-order chi connectivity index (χ1) is 6.07. The molecule has 0 atom stereocenters. The summed E-state index contributed by atoms with van der Waals surface area (Å²) >= 11 is 0. The minimum Gasteiger partial charge on any atom is -0.398 e. The van der Waals surface area contributed by atoms with Gasteiger partial charge in [0.1, 0.15) is 6.07 Å². The molecule has 0 saturated carbocycles. The second-order valence-electron chi connectivity index (χ2n) is 2.44. The number of nitrogens with two attached hydrogens (primary N) is 2. The Morgan fingerprint density at radius 1 is 1.31 bits per heavy atom. The van der Waals surface area contributed by atoms with Crippen molar-refractivity contribution < 1.29 is 8.78 Å². The predicted molar refractivity (Wildman–Crippen MR) is 44.9 cm³/mol. The van der Waals surface area contributed by atoms with E-state index >= 15 is 0 Å². The molecule has 0 heterocycles. The number of nitrogens with zero attached hydrogens (tertiary/aromatic N) is 1. The van der Waals surface area contributed by atoms with Gasteiger partial charge in [0.25, 0.3) is 6.43 Å². The van der Waals surface area contributed by atoms with Crippen LogP contribution < -0.4 is 11.5 Å². The highest BCUT2D eigenvalue weighted by Crippen LogP contribution is 2.32. The van der Waals surface area contributed by atoms with Crippen molar-refractivity contribution in [1.82, 2.24) is 0 Å². The monoisotopic (exact) mass is 183 g/mol. The Morgan fingerprint density at radius 2 is 1.92 bits per heavy atom. The van der Waals surface area contributed by atoms with E-state index in [1.807, 2.05) is 0 Å². The molecular formula is C8H7F2N3. The van der Waals surface area contributed by atoms with Gasteiger partial charge in [0.15, 0.2) is 0 Å². The molecule has 0 bridgehead atoms. The number of alkyl halides is 2. The molecule has 0 radical (unpaired) electrons. The predicted octanol–water partition coefficient (Wildman–Crippen LogP) is 1.66. The number of benzene rings is 1. The van der Waals surface area contributed by atoms with Gasteiger partial charge in [-0.3, -0.25) is 0 Å². The van der Waals surface area contributed by atoms with Crippen LogP contribution in [-0.2, 0) is 0 Å². The second-order valence-corrected chi connectivity index (χ2v) is 2.44. The Bertz CT molecular complexity index is 368. The molecule has 68 valence electrons. The highest BCUT2D eigenvalue weighted by Gasteiger charge is 2.17. The van der Waals surface area contributed by atoms with Crippen LogP contribution in [0.5, 0.6) is 0 Å². The largest absolute Gasteiger partial charge is 0.398 e. The van der Waals surface area contributed by atoms with Crippen molar-refractivity contribution >= 4 is 11.4 Å². The van der Waals surface area contributed by atoms with Gasteiger partial charge in [0, 0.05) is 5.69 Å². The van der Waals surface area contributed by atoms with Crippen molar-refractivity contribution in [2.45, 2.75) is 6.43 Å². The average molecular weight is 183 g/mol. The van der Waals surface area contributed by atoms with Gasteiger partial charge in [-0.25, -0.2) is 8.78 Å². The number of nitrogen functional groups attached to an aromatic ring is 2. The summed E-state index contributed by atoms with van der Waals surface area (Å²) in [6.07, 6.45) is -2.76. The fourth-order valence-electron chi connectivity index (χ4n) is 0.994. The number of nitriles is 1. The molecule has 0 aliphatic rings. The lowest BCUT2D eigenvalue weighted by molar-refractivity contribution is 0.153. The minimum atomic E-state index is -2.76. The molecule has 0 unspecified atom stereocenters. The van der Waals surface area contributed by atoms with Gasteiger partial charge < -0.3 is 11.5 Å². The Kier molecular flexibility index (Phi) is 2.33. The van der Waals surface area contributed by atoms with Crippen LogP contribution in [0.2, 0.25) is 0 Å². The zero-order valence-corrected chi connectivity index (χ0v) is 6.59. The van der Waals surface area contributed by atoms with E-state index in [1.165, 1.54) is 12.1 Å². The second kappa shape index (κ2) is 3.27. The lowest BCUT2D eigenvalue weighted by Gasteiger charge is -2.08. The molecule has 3 nitrogen and oxygen atoms in total. The Morgan fingerprint density at radius 3 is 2.38 bits per heavy atom. The van der Waals surface area contributed by atoms with E-state index in [1.54, 1.807) is 6.07 Å². The molecule has 0 aliphatic carbocycles. The van der Waals surface area contributed by atoms with Gasteiger partial charge in [-0.05, 0) is 12.1 Å². The first kappa shape index (κ1) is 9.26. The molecule has 0 amide bonds. The molecule has 4 N–H and O–H groups in total. The third-order valence-electron chi connectivity index (χ3n) is 1.66. The Labute approximate surface area is 73.6 Å². The van der Waals surface area contributed by atoms with Crippen LogP contribution in [0.15, 0.2) is 12.1 Å². The van der Waals surface area contributed by atoms with Crippen LogP contribution >= 0.6 is 0 Å². The first-order valence-corrected chi connectivity index (χ1v) is 3.44. The van der Waals surface area contributed by atoms with Gasteiger partial charge in [-0.1, -0.05) is 0 Å². The minimum absolute atomic E-state index is 0.0181. The summed E-state index contributed by atoms with van der Waals surface area (Å²) in [4.78, 5) is 0. The molecule has 0 aromatic heterocycles. The molecule has 0 saturated heterocycles. The number of halogens is 2. The van der Waals surface area contributed by atoms with Gasteiger partial charge in [-0.15, -0.1) is 0 Å². The number of hydrogen-bond donors (Lipinski definition) is 2. The molecule has 5 heteroatoms. The fourth-order valence-corrected chi connectivity index (χ4v) is 0.994. The van der Waals surface area contributed by atoms with E-state index in [2.05, 4.69) is 0 Å². The summed E-state index contributed by atoms with van der Waals surface area (Å²) in [6.45, 7) is 0. The maximum atomic E-state index is 12.3. The maximum absolute atomic E-state index is 12.3. The van der Waals surface area contributed by atoms with E-state index in [0.717, 1.165) is 0 Å². The first-order valence-electron chi connectivity index (χ1n) is 3.44. The smallest absolute Gasteiger partial charge is 0.267 e. The molecule has 1 aromatic rings. The summed E-state index contributed by atoms with van der Waals surface area (Å²) in [5, 5.41) is 8.50. The van der Waals surface area contributed by atoms with Crippen LogP contribution in [0.3, 0.4) is 0 Å². The molecular weight excluding hydrogens is 176 g/mol. The summed E-state index contributed by atoms with van der Waals surface area (Å²) in [6, 6.07) is 4.27. The standard InChI is InChI=1S/C8H7F2N3/c9-8(10)6-5(12)2-1-4(3-11)7(6)13/h1-2,8H,12-13H2. The number of anilines is 2. The zero-order chi connectivity index (χ0) is 10.0. The Hall–Kier alpha value is -1.83. The summed E-state index contributed by atoms with van der Waals surface area (Å²) in [5.74, 6) is 0. The number of hydrogen-bond acceptors (Lipinski definition) is 3. The van der Waals surface area contributed by atoms with Gasteiger partial charge in [0.2, 0.25) is 0 Å². The lowest BCUT2D eigenvalue weighted by atomic mass is 10.1. The normalized spacial score (nSPS) is 10.0. The molecule has 0 spiro atoms. The highest BCUT2D eigenvalue weighted by atomic mass is 19.3. The lowest BCUT2D eigenvalue weighted by Crippen LogP contribution is -2.02. The van der Waals surface area contributed by atoms with Crippen LogP contribution in [0, 0.1) is 11.3 Å². The average Bonchev–Trinajstić information content (AvgIpc) is 2.04. The van der Waals surface area contributed by atoms with E-state index < -0.39 is 12.0 Å². The van der Waals surface area contributed by atoms with E-state index in [0.29, 0.717) is 0 Å². The molecule has 13 heavy (non-hydrogen) atoms. The number of rotatable bonds is 1. The van der Waals surface area contributed by atoms with Crippen LogP contribution in [0.4, 0.5) is 20.2 Å². The summed E-state index contributed by atoms with van der Waals surface area (Å²) in [7, 11) is 0. The van der Waals surface area contributed by atoms with Crippen molar-refractivity contribution in [3.05, 3.63) is 23.3 Å². The molecule has 0 aliphatic heterocycles. The van der Waals surface area contributed by atoms with Crippen molar-refractivity contribution in [3.8, 4) is 6.07 Å². The third kappa shape index (κ3) is 1.51. The van der Waals surface area contributed by atoms with Gasteiger partial charge >= 0.3 is 0 Å². The van der Waals surface area contributed by atoms with E-state index in [-0.39, 0.29) is 16.9 Å². The molecule has 1 rings (SSSR count). The van der Waals surface area contributed by atoms with E-state index in [4.69, 9.17) is 16.7 Å². The summed E-state index contributed by atoms with van der Waals surface area (Å²) < 4.78 is 24.7. The van der Waals surface area contributed by atoms with Crippen molar-refractivity contribution in [2.24, 2.45) is 0 Å². The van der Waals surface area contributed by atoms with E-state index in [9.17, 15) is 8.78 Å². The van der Waals surface area contributed by atoms with Gasteiger partial charge in [-0.2, -0.15) is 5.26 Å². The van der Waals surface area contributed by atoms with Crippen LogP contribution in [0.25, 0.3) is 0 Å². The highest BCUT2D eigenvalue weighted by molar-refractivity contribution is 5.68. The van der Waals surface area contributed by atoms with Crippen molar-refractivity contribution in [2.75, 3.05) is 11.5 Å². The van der Waals surface area contributed by atoms with Gasteiger partial charge in [0.05, 0.1) is 16.8 Å². The van der Waals surface area contributed by atoms with Crippen molar-refractivity contribution in [3.63, 3.8) is 0 Å². The Balaban J connectivity index is 3.41. The maximum Gasteiger partial charge on any atom is 0.267 e. The third-order valence-corrected chi connectivity index (χ3v) is 1.66. The van der Waals surface area contributed by atoms with Crippen molar-refractivity contribution in [1.29, 1.82) is 5.26 Å². The fraction of sp³-hybridized carbons (Fsp3) is 0.125. The molecule has 1 aromatic carbocycles. The van der Waals surface area contributed by atoms with Crippen LogP contribution in [-0.4, -0.2) is 0 Å². The zero-order valence-electron chi connectivity index (χ0n) is 6.59. The topological polar surface area (TPSA) is 75.8 Å². The SMILES string of the molecule is N#Cc1ccc(N)c(C(F)F)c1N. The van der Waals surface area contributed by atoms with Crippen LogP contribution in [0.1, 0.15) is 17.6 Å². The quantitative estimate of drug-likeness (QED) is 0.650. The molecule has 0 fully saturated rings.